The summed E-state index contributed by atoms with van der Waals surface area (Å²) >= 11 is 0. The van der Waals surface area contributed by atoms with Gasteiger partial charge in [-0.25, -0.2) is 0 Å². The van der Waals surface area contributed by atoms with Crippen molar-refractivity contribution >= 4 is 5.78 Å². The number of carbonyl (C=O) groups is 1. The van der Waals surface area contributed by atoms with E-state index in [9.17, 15) is 4.79 Å². The molecule has 0 spiro atoms. The molecule has 2 aliphatic carbocycles. The number of rotatable bonds is 1. The lowest BCUT2D eigenvalue weighted by Crippen LogP contribution is -2.20. The second-order valence-electron chi connectivity index (χ2n) is 3.98. The third-order valence-corrected chi connectivity index (χ3v) is 3.13. The van der Waals surface area contributed by atoms with Crippen molar-refractivity contribution in [1.29, 1.82) is 0 Å². The number of Topliss-reactive ketones (excluding diaryl/α,β-unsaturated/α-hetero) is 1. The Morgan fingerprint density at radius 2 is 2.38 bits per heavy atom. The van der Waals surface area contributed by atoms with E-state index in [2.05, 4.69) is 19.1 Å². The van der Waals surface area contributed by atoms with E-state index in [0.717, 1.165) is 31.3 Å². The monoisotopic (exact) mass is 176 g/mol. The molecular formula is C12H16O. The van der Waals surface area contributed by atoms with Crippen molar-refractivity contribution in [3.05, 3.63) is 23.3 Å². The lowest BCUT2D eigenvalue weighted by Gasteiger charge is -2.26. The summed E-state index contributed by atoms with van der Waals surface area (Å²) in [5.41, 5.74) is 2.46. The van der Waals surface area contributed by atoms with Crippen LogP contribution in [0.1, 0.15) is 39.0 Å². The fourth-order valence-electron chi connectivity index (χ4n) is 2.28. The van der Waals surface area contributed by atoms with Gasteiger partial charge in [-0.1, -0.05) is 24.6 Å². The third kappa shape index (κ3) is 1.60. The Balaban J connectivity index is 2.24. The van der Waals surface area contributed by atoms with Gasteiger partial charge in [0.05, 0.1) is 0 Å². The fraction of sp³-hybridized carbons (Fsp3) is 0.583. The molecule has 0 saturated heterocycles. The van der Waals surface area contributed by atoms with Crippen molar-refractivity contribution in [3.63, 3.8) is 0 Å². The molecule has 2 rings (SSSR count). The summed E-state index contributed by atoms with van der Waals surface area (Å²) < 4.78 is 0. The minimum Gasteiger partial charge on any atom is -0.295 e. The van der Waals surface area contributed by atoms with Gasteiger partial charge in [0.25, 0.3) is 0 Å². The molecular weight excluding hydrogens is 160 g/mol. The van der Waals surface area contributed by atoms with Crippen molar-refractivity contribution < 1.29 is 4.79 Å². The van der Waals surface area contributed by atoms with Gasteiger partial charge in [-0.15, -0.1) is 0 Å². The average molecular weight is 176 g/mol. The average Bonchev–Trinajstić information content (AvgIpc) is 2.18. The van der Waals surface area contributed by atoms with Gasteiger partial charge in [-0.2, -0.15) is 0 Å². The number of allylic oxidation sites excluding steroid dienone is 4. The van der Waals surface area contributed by atoms with Crippen molar-refractivity contribution in [1.82, 2.24) is 0 Å². The Hall–Kier alpha value is -0.850. The topological polar surface area (TPSA) is 17.1 Å². The highest BCUT2D eigenvalue weighted by Crippen LogP contribution is 2.34. The predicted octanol–water partition coefficient (Wildman–Crippen LogP) is 3.02. The summed E-state index contributed by atoms with van der Waals surface area (Å²) in [4.78, 5) is 11.6. The largest absolute Gasteiger partial charge is 0.295 e. The lowest BCUT2D eigenvalue weighted by molar-refractivity contribution is -0.117. The maximum atomic E-state index is 11.6. The Morgan fingerprint density at radius 1 is 1.54 bits per heavy atom. The maximum absolute atomic E-state index is 11.6. The second-order valence-corrected chi connectivity index (χ2v) is 3.98. The van der Waals surface area contributed by atoms with Crippen molar-refractivity contribution in [2.75, 3.05) is 0 Å². The van der Waals surface area contributed by atoms with Crippen LogP contribution < -0.4 is 0 Å². The summed E-state index contributed by atoms with van der Waals surface area (Å²) in [6.07, 6.45) is 9.67. The molecule has 0 bridgehead atoms. The first-order chi connectivity index (χ1) is 6.31. The molecule has 1 unspecified atom stereocenters. The van der Waals surface area contributed by atoms with Gasteiger partial charge in [0.15, 0.2) is 5.78 Å². The highest BCUT2D eigenvalue weighted by Gasteiger charge is 2.26. The molecule has 1 fully saturated rings. The molecule has 0 aromatic carbocycles. The standard InChI is InChI=1S/C12H16O/c1-2-9-6-7-10-4-3-5-12(13)11(10)8-9/h6,8,10H,2-5,7H2,1H3. The van der Waals surface area contributed by atoms with Crippen LogP contribution in [-0.4, -0.2) is 5.78 Å². The van der Waals surface area contributed by atoms with Crippen LogP contribution in [-0.2, 0) is 4.79 Å². The third-order valence-electron chi connectivity index (χ3n) is 3.13. The summed E-state index contributed by atoms with van der Waals surface area (Å²) in [6, 6.07) is 0. The van der Waals surface area contributed by atoms with Gasteiger partial charge in [-0.05, 0) is 37.2 Å². The van der Waals surface area contributed by atoms with Crippen LogP contribution in [0.2, 0.25) is 0 Å². The smallest absolute Gasteiger partial charge is 0.159 e. The molecule has 1 nitrogen and oxygen atoms in total. The maximum Gasteiger partial charge on any atom is 0.159 e. The molecule has 1 atom stereocenters. The van der Waals surface area contributed by atoms with E-state index in [1.165, 1.54) is 12.0 Å². The van der Waals surface area contributed by atoms with Crippen LogP contribution in [0.25, 0.3) is 0 Å². The summed E-state index contributed by atoms with van der Waals surface area (Å²) in [5.74, 6) is 0.951. The summed E-state index contributed by atoms with van der Waals surface area (Å²) in [5, 5.41) is 0. The van der Waals surface area contributed by atoms with E-state index in [1.54, 1.807) is 0 Å². The number of hydrogen-bond donors (Lipinski definition) is 0. The minimum atomic E-state index is 0.398. The SMILES string of the molecule is CCC1=CCC2CCCC(=O)C2=C1. The number of hydrogen-bond acceptors (Lipinski definition) is 1. The number of ketones is 1. The van der Waals surface area contributed by atoms with Crippen LogP contribution >= 0.6 is 0 Å². The quantitative estimate of drug-likeness (QED) is 0.600. The van der Waals surface area contributed by atoms with Crippen LogP contribution in [0.4, 0.5) is 0 Å². The molecule has 0 aromatic heterocycles. The predicted molar refractivity (Wildman–Crippen MR) is 53.4 cm³/mol. The zero-order chi connectivity index (χ0) is 9.26. The van der Waals surface area contributed by atoms with Crippen LogP contribution in [0.15, 0.2) is 23.3 Å². The fourth-order valence-corrected chi connectivity index (χ4v) is 2.28. The molecule has 0 amide bonds. The second kappa shape index (κ2) is 3.49. The molecule has 0 aliphatic heterocycles. The number of fused-ring (bicyclic) bond motifs is 1. The number of carbonyl (C=O) groups excluding carboxylic acids is 1. The highest BCUT2D eigenvalue weighted by atomic mass is 16.1. The molecule has 0 aromatic rings. The zero-order valence-electron chi connectivity index (χ0n) is 8.18. The van der Waals surface area contributed by atoms with Gasteiger partial charge in [0, 0.05) is 6.42 Å². The van der Waals surface area contributed by atoms with Crippen molar-refractivity contribution in [2.24, 2.45) is 5.92 Å². The van der Waals surface area contributed by atoms with E-state index in [-0.39, 0.29) is 0 Å². The molecule has 70 valence electrons. The van der Waals surface area contributed by atoms with Crippen LogP contribution in [0.5, 0.6) is 0 Å². The van der Waals surface area contributed by atoms with Crippen LogP contribution in [0.3, 0.4) is 0 Å². The molecule has 0 N–H and O–H groups in total. The first-order valence-corrected chi connectivity index (χ1v) is 5.25. The first-order valence-electron chi connectivity index (χ1n) is 5.25. The van der Waals surface area contributed by atoms with E-state index < -0.39 is 0 Å². The van der Waals surface area contributed by atoms with Crippen LogP contribution in [0, 0.1) is 5.92 Å². The van der Waals surface area contributed by atoms with Gasteiger partial charge in [0.1, 0.15) is 0 Å². The highest BCUT2D eigenvalue weighted by molar-refractivity contribution is 5.97. The van der Waals surface area contributed by atoms with E-state index >= 15 is 0 Å². The van der Waals surface area contributed by atoms with Gasteiger partial charge in [-0.3, -0.25) is 4.79 Å². The molecule has 1 saturated carbocycles. The Labute approximate surface area is 79.5 Å². The normalized spacial score (nSPS) is 27.8. The zero-order valence-corrected chi connectivity index (χ0v) is 8.18. The van der Waals surface area contributed by atoms with Crippen molar-refractivity contribution in [3.8, 4) is 0 Å². The van der Waals surface area contributed by atoms with Gasteiger partial charge >= 0.3 is 0 Å². The Kier molecular flexibility index (Phi) is 2.34. The molecule has 0 radical (unpaired) electrons. The molecule has 0 heterocycles. The summed E-state index contributed by atoms with van der Waals surface area (Å²) in [7, 11) is 0. The molecule has 13 heavy (non-hydrogen) atoms. The van der Waals surface area contributed by atoms with Crippen molar-refractivity contribution in [2.45, 2.75) is 39.0 Å². The minimum absolute atomic E-state index is 0.398. The molecule has 2 aliphatic rings. The summed E-state index contributed by atoms with van der Waals surface area (Å²) in [6.45, 7) is 2.15. The van der Waals surface area contributed by atoms with Gasteiger partial charge in [0.2, 0.25) is 0 Å². The Bertz CT molecular complexity index is 283. The van der Waals surface area contributed by atoms with Gasteiger partial charge < -0.3 is 0 Å². The van der Waals surface area contributed by atoms with E-state index in [0.29, 0.717) is 11.7 Å². The molecule has 1 heteroatoms. The van der Waals surface area contributed by atoms with E-state index in [1.807, 2.05) is 0 Å². The van der Waals surface area contributed by atoms with E-state index in [4.69, 9.17) is 0 Å². The first kappa shape index (κ1) is 8.74. The lowest BCUT2D eigenvalue weighted by atomic mass is 9.77. The Morgan fingerprint density at radius 3 is 3.15 bits per heavy atom.